The third-order valence-electron chi connectivity index (χ3n) is 3.23. The van der Waals surface area contributed by atoms with Gasteiger partial charge < -0.3 is 29.9 Å². The van der Waals surface area contributed by atoms with E-state index in [1.165, 1.54) is 6.07 Å². The van der Waals surface area contributed by atoms with Gasteiger partial charge in [-0.05, 0) is 6.07 Å². The Kier molecular flexibility index (Phi) is 5.16. The number of hydrogen-bond acceptors (Lipinski definition) is 8. The molecular formula is C12H14ClNO8. The predicted octanol–water partition coefficient (Wildman–Crippen LogP) is -0.573. The van der Waals surface area contributed by atoms with E-state index in [4.69, 9.17) is 26.2 Å². The molecule has 10 heteroatoms. The number of hydrogen-bond donors (Lipinski definition) is 4. The van der Waals surface area contributed by atoms with E-state index in [0.717, 1.165) is 12.1 Å². The van der Waals surface area contributed by atoms with E-state index in [9.17, 15) is 25.4 Å². The highest BCUT2D eigenvalue weighted by atomic mass is 35.5. The summed E-state index contributed by atoms with van der Waals surface area (Å²) >= 11 is 5.84. The van der Waals surface area contributed by atoms with E-state index in [0.29, 0.717) is 0 Å². The monoisotopic (exact) mass is 335 g/mol. The van der Waals surface area contributed by atoms with Crippen LogP contribution in [-0.4, -0.2) is 62.7 Å². The molecule has 1 aliphatic heterocycles. The minimum atomic E-state index is -1.62. The van der Waals surface area contributed by atoms with E-state index in [-0.39, 0.29) is 16.5 Å². The number of halogens is 1. The Morgan fingerprint density at radius 1 is 1.32 bits per heavy atom. The van der Waals surface area contributed by atoms with Crippen LogP contribution in [0, 0.1) is 10.1 Å². The van der Waals surface area contributed by atoms with E-state index >= 15 is 0 Å². The zero-order chi connectivity index (χ0) is 16.4. The molecule has 0 bridgehead atoms. The lowest BCUT2D eigenvalue weighted by atomic mass is 9.99. The number of aliphatic hydroxyl groups excluding tert-OH is 4. The highest BCUT2D eigenvalue weighted by Gasteiger charge is 2.45. The minimum absolute atomic E-state index is 0.0337. The lowest BCUT2D eigenvalue weighted by Gasteiger charge is -2.39. The lowest BCUT2D eigenvalue weighted by Crippen LogP contribution is -2.60. The van der Waals surface area contributed by atoms with Crippen LogP contribution in [-0.2, 0) is 4.74 Å². The summed E-state index contributed by atoms with van der Waals surface area (Å²) in [7, 11) is 0. The summed E-state index contributed by atoms with van der Waals surface area (Å²) in [5.74, 6) is -0.0337. The van der Waals surface area contributed by atoms with Gasteiger partial charge in [0.2, 0.25) is 0 Å². The van der Waals surface area contributed by atoms with Crippen molar-refractivity contribution in [3.05, 3.63) is 33.3 Å². The Balaban J connectivity index is 2.17. The molecule has 0 radical (unpaired) electrons. The number of ether oxygens (including phenoxy) is 2. The smallest absolute Gasteiger partial charge is 0.271 e. The second-order valence-electron chi connectivity index (χ2n) is 4.68. The van der Waals surface area contributed by atoms with Crippen molar-refractivity contribution >= 4 is 17.3 Å². The maximum atomic E-state index is 10.6. The molecule has 0 amide bonds. The third-order valence-corrected chi connectivity index (χ3v) is 3.53. The van der Waals surface area contributed by atoms with Gasteiger partial charge in [-0.1, -0.05) is 11.6 Å². The van der Waals surface area contributed by atoms with Gasteiger partial charge in [0, 0.05) is 12.1 Å². The van der Waals surface area contributed by atoms with E-state index < -0.39 is 42.2 Å². The highest BCUT2D eigenvalue weighted by molar-refractivity contribution is 6.32. The molecular weight excluding hydrogens is 322 g/mol. The van der Waals surface area contributed by atoms with Gasteiger partial charge in [-0.25, -0.2) is 0 Å². The van der Waals surface area contributed by atoms with Gasteiger partial charge in [-0.3, -0.25) is 10.1 Å². The van der Waals surface area contributed by atoms with Crippen LogP contribution in [0.15, 0.2) is 18.2 Å². The zero-order valence-corrected chi connectivity index (χ0v) is 11.8. The molecule has 0 saturated carbocycles. The maximum absolute atomic E-state index is 10.6. The highest BCUT2D eigenvalue weighted by Crippen LogP contribution is 2.32. The summed E-state index contributed by atoms with van der Waals surface area (Å²) in [5, 5.41) is 48.9. The van der Waals surface area contributed by atoms with Gasteiger partial charge >= 0.3 is 0 Å². The van der Waals surface area contributed by atoms with Crippen molar-refractivity contribution in [3.8, 4) is 5.75 Å². The van der Waals surface area contributed by atoms with Crippen LogP contribution in [0.25, 0.3) is 0 Å². The Hall–Kier alpha value is -1.49. The van der Waals surface area contributed by atoms with Crippen LogP contribution in [0.3, 0.4) is 0 Å². The average Bonchev–Trinajstić information content (AvgIpc) is 2.48. The molecule has 1 aromatic carbocycles. The normalized spacial score (nSPS) is 31.8. The Labute approximate surface area is 129 Å². The largest absolute Gasteiger partial charge is 0.481 e. The van der Waals surface area contributed by atoms with Crippen molar-refractivity contribution in [2.45, 2.75) is 30.7 Å². The van der Waals surface area contributed by atoms with Gasteiger partial charge in [0.05, 0.1) is 16.6 Å². The second-order valence-corrected chi connectivity index (χ2v) is 5.09. The number of benzene rings is 1. The minimum Gasteiger partial charge on any atom is -0.481 e. The summed E-state index contributed by atoms with van der Waals surface area (Å²) in [5.41, 5.74) is -0.251. The first-order chi connectivity index (χ1) is 10.3. The summed E-state index contributed by atoms with van der Waals surface area (Å²) in [6.45, 7) is -0.597. The van der Waals surface area contributed by atoms with Crippen LogP contribution in [0.1, 0.15) is 0 Å². The van der Waals surface area contributed by atoms with Crippen LogP contribution in [0.2, 0.25) is 5.02 Å². The molecule has 1 heterocycles. The molecule has 122 valence electrons. The van der Waals surface area contributed by atoms with E-state index in [1.807, 2.05) is 0 Å². The first-order valence-corrected chi connectivity index (χ1v) is 6.64. The predicted molar refractivity (Wildman–Crippen MR) is 72.5 cm³/mol. The standard InChI is InChI=1S/C12H14ClNO8/c13-6-3-5(14(19)20)1-2-7(6)21-11-10(17)9(16)8(4-15)22-12(11)18/h1-3,8-12,15-18H,4H2/t8-,9-,10+,11-,12-/m0/s1. The summed E-state index contributed by atoms with van der Waals surface area (Å²) < 4.78 is 10.2. The topological polar surface area (TPSA) is 143 Å². The average molecular weight is 336 g/mol. The molecule has 0 unspecified atom stereocenters. The maximum Gasteiger partial charge on any atom is 0.271 e. The van der Waals surface area contributed by atoms with Crippen LogP contribution in [0.4, 0.5) is 5.69 Å². The van der Waals surface area contributed by atoms with Gasteiger partial charge in [0.15, 0.2) is 12.4 Å². The molecule has 22 heavy (non-hydrogen) atoms. The molecule has 5 atom stereocenters. The lowest BCUT2D eigenvalue weighted by molar-refractivity contribution is -0.384. The first-order valence-electron chi connectivity index (χ1n) is 6.26. The van der Waals surface area contributed by atoms with Gasteiger partial charge in [-0.2, -0.15) is 0 Å². The van der Waals surface area contributed by atoms with E-state index in [2.05, 4.69) is 0 Å². The number of nitro groups is 1. The van der Waals surface area contributed by atoms with E-state index in [1.54, 1.807) is 0 Å². The molecule has 1 fully saturated rings. The van der Waals surface area contributed by atoms with Crippen molar-refractivity contribution in [2.24, 2.45) is 0 Å². The van der Waals surface area contributed by atoms with Crippen molar-refractivity contribution < 1.29 is 34.8 Å². The molecule has 1 aliphatic rings. The Bertz CT molecular complexity index is 556. The molecule has 9 nitrogen and oxygen atoms in total. The van der Waals surface area contributed by atoms with Crippen LogP contribution in [0.5, 0.6) is 5.75 Å². The SMILES string of the molecule is O=[N+]([O-])c1ccc(O[C@H]2[C@H](O)[C@@H](O)[C@H](CO)O[C@@H]2O)c(Cl)c1. The Morgan fingerprint density at radius 3 is 2.55 bits per heavy atom. The second kappa shape index (κ2) is 6.73. The molecule has 0 aliphatic carbocycles. The fraction of sp³-hybridized carbons (Fsp3) is 0.500. The number of aliphatic hydroxyl groups is 4. The summed E-state index contributed by atoms with van der Waals surface area (Å²) in [6.07, 6.45) is -7.18. The zero-order valence-electron chi connectivity index (χ0n) is 11.1. The molecule has 1 aromatic rings. The van der Waals surface area contributed by atoms with Gasteiger partial charge in [0.25, 0.3) is 5.69 Å². The molecule has 0 aromatic heterocycles. The van der Waals surface area contributed by atoms with Crippen molar-refractivity contribution in [1.29, 1.82) is 0 Å². The van der Waals surface area contributed by atoms with Crippen molar-refractivity contribution in [3.63, 3.8) is 0 Å². The van der Waals surface area contributed by atoms with Crippen LogP contribution < -0.4 is 4.74 Å². The first kappa shape index (κ1) is 16.9. The fourth-order valence-electron chi connectivity index (χ4n) is 2.04. The number of rotatable bonds is 4. The molecule has 0 spiro atoms. The Morgan fingerprint density at radius 2 is 2.00 bits per heavy atom. The fourth-order valence-corrected chi connectivity index (χ4v) is 2.26. The molecule has 2 rings (SSSR count). The number of non-ortho nitro benzene ring substituents is 1. The molecule has 4 N–H and O–H groups in total. The van der Waals surface area contributed by atoms with Gasteiger partial charge in [0.1, 0.15) is 24.1 Å². The summed E-state index contributed by atoms with van der Waals surface area (Å²) in [6, 6.07) is 3.38. The number of nitrogens with zero attached hydrogens (tertiary/aromatic N) is 1. The van der Waals surface area contributed by atoms with Crippen LogP contribution >= 0.6 is 11.6 Å². The summed E-state index contributed by atoms with van der Waals surface area (Å²) in [4.78, 5) is 9.98. The molecule has 1 saturated heterocycles. The van der Waals surface area contributed by atoms with Gasteiger partial charge in [-0.15, -0.1) is 0 Å². The van der Waals surface area contributed by atoms with Crippen molar-refractivity contribution in [1.82, 2.24) is 0 Å². The quantitative estimate of drug-likeness (QED) is 0.423. The van der Waals surface area contributed by atoms with Crippen molar-refractivity contribution in [2.75, 3.05) is 6.61 Å². The third kappa shape index (κ3) is 3.29. The number of nitro benzene ring substituents is 1.